The Hall–Kier alpha value is -4.70. The van der Waals surface area contributed by atoms with E-state index >= 15 is 0 Å². The Bertz CT molecular complexity index is 1730. The summed E-state index contributed by atoms with van der Waals surface area (Å²) in [5.41, 5.74) is 4.19. The number of amides is 4. The molecule has 0 bridgehead atoms. The van der Waals surface area contributed by atoms with Crippen LogP contribution in [0.15, 0.2) is 83.9 Å². The van der Waals surface area contributed by atoms with Gasteiger partial charge in [-0.3, -0.25) is 24.1 Å². The number of halogens is 1. The summed E-state index contributed by atoms with van der Waals surface area (Å²) in [6.07, 6.45) is 4.11. The highest BCUT2D eigenvalue weighted by Crippen LogP contribution is 2.34. The van der Waals surface area contributed by atoms with Gasteiger partial charge in [0, 0.05) is 41.4 Å². The molecule has 1 N–H and O–H groups in total. The van der Waals surface area contributed by atoms with Crippen molar-refractivity contribution in [3.05, 3.63) is 106 Å². The molecule has 0 radical (unpaired) electrons. The summed E-state index contributed by atoms with van der Waals surface area (Å²) in [6.45, 7) is 0.668. The first-order valence-electron chi connectivity index (χ1n) is 13.1. The van der Waals surface area contributed by atoms with Gasteiger partial charge in [0.25, 0.3) is 11.1 Å². The number of nitrogens with one attached hydrogen (secondary N) is 1. The van der Waals surface area contributed by atoms with Crippen LogP contribution in [0.3, 0.4) is 0 Å². The third-order valence-electron chi connectivity index (χ3n) is 7.20. The van der Waals surface area contributed by atoms with Crippen molar-refractivity contribution in [1.29, 1.82) is 0 Å². The molecule has 8 nitrogen and oxygen atoms in total. The number of benzene rings is 3. The van der Waals surface area contributed by atoms with E-state index in [2.05, 4.69) is 5.32 Å². The van der Waals surface area contributed by atoms with Gasteiger partial charge < -0.3 is 14.8 Å². The van der Waals surface area contributed by atoms with Gasteiger partial charge in [-0.2, -0.15) is 0 Å². The third-order valence-corrected chi connectivity index (χ3v) is 8.11. The molecule has 41 heavy (non-hydrogen) atoms. The van der Waals surface area contributed by atoms with Crippen molar-refractivity contribution in [3.63, 3.8) is 0 Å². The fourth-order valence-corrected chi connectivity index (χ4v) is 5.96. The SMILES string of the molecule is O=C(Cn1cc(/C=C2\SC(=O)N(CC(=O)N3CCc4ccccc4C3)C2=O)c2ccccc21)Nc1ccc(F)cc1. The van der Waals surface area contributed by atoms with Crippen molar-refractivity contribution in [2.75, 3.05) is 18.4 Å². The van der Waals surface area contributed by atoms with Crippen LogP contribution < -0.4 is 5.32 Å². The fraction of sp³-hybridized carbons (Fsp3) is 0.161. The molecule has 0 atom stereocenters. The molecule has 1 fully saturated rings. The second kappa shape index (κ2) is 11.1. The number of hydrogen-bond donors (Lipinski definition) is 1. The molecule has 2 aliphatic rings. The zero-order chi connectivity index (χ0) is 28.5. The lowest BCUT2D eigenvalue weighted by Gasteiger charge is -2.29. The largest absolute Gasteiger partial charge is 0.337 e. The molecule has 0 spiro atoms. The normalized spacial score (nSPS) is 16.0. The molecule has 3 aromatic carbocycles. The zero-order valence-electron chi connectivity index (χ0n) is 21.9. The number of para-hydroxylation sites is 1. The Balaban J connectivity index is 1.18. The van der Waals surface area contributed by atoms with E-state index in [0.717, 1.165) is 39.5 Å². The van der Waals surface area contributed by atoms with Crippen LogP contribution in [0.5, 0.6) is 0 Å². The van der Waals surface area contributed by atoms with E-state index in [4.69, 9.17) is 0 Å². The Morgan fingerprint density at radius 2 is 1.66 bits per heavy atom. The van der Waals surface area contributed by atoms with Gasteiger partial charge in [0.05, 0.1) is 4.91 Å². The number of aromatic nitrogens is 1. The number of anilines is 1. The maximum Gasteiger partial charge on any atom is 0.294 e. The summed E-state index contributed by atoms with van der Waals surface area (Å²) >= 11 is 0.797. The number of hydrogen-bond acceptors (Lipinski definition) is 5. The maximum absolute atomic E-state index is 13.2. The summed E-state index contributed by atoms with van der Waals surface area (Å²) in [4.78, 5) is 54.7. The monoisotopic (exact) mass is 568 g/mol. The highest BCUT2D eigenvalue weighted by Gasteiger charge is 2.37. The molecule has 4 amide bonds. The quantitative estimate of drug-likeness (QED) is 0.329. The van der Waals surface area contributed by atoms with Crippen LogP contribution in [0.1, 0.15) is 16.7 Å². The van der Waals surface area contributed by atoms with E-state index in [0.29, 0.717) is 24.3 Å². The van der Waals surface area contributed by atoms with Gasteiger partial charge in [-0.1, -0.05) is 42.5 Å². The molecule has 206 valence electrons. The van der Waals surface area contributed by atoms with E-state index < -0.39 is 17.0 Å². The minimum absolute atomic E-state index is 0.0132. The van der Waals surface area contributed by atoms with Gasteiger partial charge in [-0.05, 0) is 65.7 Å². The van der Waals surface area contributed by atoms with E-state index in [-0.39, 0.29) is 29.8 Å². The molecule has 3 heterocycles. The number of thioether (sulfide) groups is 1. The summed E-state index contributed by atoms with van der Waals surface area (Å²) in [6, 6.07) is 20.9. The lowest BCUT2D eigenvalue weighted by molar-refractivity contribution is -0.136. The number of imide groups is 1. The zero-order valence-corrected chi connectivity index (χ0v) is 22.7. The smallest absolute Gasteiger partial charge is 0.294 e. The topological polar surface area (TPSA) is 91.7 Å². The van der Waals surface area contributed by atoms with Crippen molar-refractivity contribution in [2.24, 2.45) is 0 Å². The summed E-state index contributed by atoms with van der Waals surface area (Å²) < 4.78 is 14.9. The Morgan fingerprint density at radius 1 is 0.927 bits per heavy atom. The predicted octanol–water partition coefficient (Wildman–Crippen LogP) is 5.04. The van der Waals surface area contributed by atoms with Crippen LogP contribution in [0.4, 0.5) is 14.9 Å². The van der Waals surface area contributed by atoms with Crippen LogP contribution in [0, 0.1) is 5.82 Å². The molecule has 1 saturated heterocycles. The maximum atomic E-state index is 13.2. The lowest BCUT2D eigenvalue weighted by Crippen LogP contribution is -2.44. The molecular formula is C31H25FN4O4S. The third kappa shape index (κ3) is 5.51. The standard InChI is InChI=1S/C31H25FN4O4S/c32-23-9-11-24(12-10-23)33-28(37)18-35-17-22(25-7-3-4-8-26(25)35)15-27-30(39)36(31(40)41-27)19-29(38)34-14-13-20-5-1-2-6-21(20)16-34/h1-12,15,17H,13-14,16,18-19H2,(H,33,37)/b27-15-. The van der Waals surface area contributed by atoms with E-state index in [1.165, 1.54) is 29.8 Å². The molecule has 1 aromatic heterocycles. The summed E-state index contributed by atoms with van der Waals surface area (Å²) in [7, 11) is 0. The van der Waals surface area contributed by atoms with Crippen molar-refractivity contribution in [3.8, 4) is 0 Å². The molecule has 2 aliphatic heterocycles. The van der Waals surface area contributed by atoms with Crippen LogP contribution in [0.25, 0.3) is 17.0 Å². The molecule has 0 saturated carbocycles. The highest BCUT2D eigenvalue weighted by molar-refractivity contribution is 8.18. The number of carbonyl (C=O) groups is 4. The molecule has 10 heteroatoms. The average molecular weight is 569 g/mol. The Morgan fingerprint density at radius 3 is 2.46 bits per heavy atom. The van der Waals surface area contributed by atoms with Crippen LogP contribution in [0.2, 0.25) is 0 Å². The fourth-order valence-electron chi connectivity index (χ4n) is 5.13. The minimum Gasteiger partial charge on any atom is -0.337 e. The molecule has 4 aromatic rings. The second-order valence-corrected chi connectivity index (χ2v) is 10.9. The van der Waals surface area contributed by atoms with Gasteiger partial charge >= 0.3 is 0 Å². The van der Waals surface area contributed by atoms with Gasteiger partial charge in [-0.15, -0.1) is 0 Å². The van der Waals surface area contributed by atoms with Crippen LogP contribution >= 0.6 is 11.8 Å². The van der Waals surface area contributed by atoms with Crippen LogP contribution in [-0.4, -0.2) is 50.4 Å². The summed E-state index contributed by atoms with van der Waals surface area (Å²) in [5, 5.41) is 3.06. The first kappa shape index (κ1) is 26.5. The number of nitrogens with zero attached hydrogens (tertiary/aromatic N) is 3. The van der Waals surface area contributed by atoms with Crippen molar-refractivity contribution in [2.45, 2.75) is 19.5 Å². The number of fused-ring (bicyclic) bond motifs is 2. The molecule has 0 aliphatic carbocycles. The first-order valence-corrected chi connectivity index (χ1v) is 13.9. The predicted molar refractivity (Wildman–Crippen MR) is 155 cm³/mol. The minimum atomic E-state index is -0.517. The van der Waals surface area contributed by atoms with E-state index in [9.17, 15) is 23.6 Å². The lowest BCUT2D eigenvalue weighted by atomic mass is 10.00. The number of rotatable bonds is 6. The molecule has 6 rings (SSSR count). The molecular weight excluding hydrogens is 543 g/mol. The molecule has 0 unspecified atom stereocenters. The van der Waals surface area contributed by atoms with Crippen LogP contribution in [-0.2, 0) is 33.9 Å². The summed E-state index contributed by atoms with van der Waals surface area (Å²) in [5.74, 6) is -1.48. The average Bonchev–Trinajstić information content (AvgIpc) is 3.45. The van der Waals surface area contributed by atoms with Crippen molar-refractivity contribution in [1.82, 2.24) is 14.4 Å². The second-order valence-electron chi connectivity index (χ2n) is 9.89. The van der Waals surface area contributed by atoms with Crippen molar-refractivity contribution < 1.29 is 23.6 Å². The Labute approximate surface area is 239 Å². The van der Waals surface area contributed by atoms with E-state index in [1.54, 1.807) is 21.7 Å². The first-order chi connectivity index (χ1) is 19.9. The van der Waals surface area contributed by atoms with E-state index in [1.807, 2.05) is 48.5 Å². The highest BCUT2D eigenvalue weighted by atomic mass is 32.2. The van der Waals surface area contributed by atoms with Gasteiger partial charge in [0.15, 0.2) is 0 Å². The number of carbonyl (C=O) groups excluding carboxylic acids is 4. The van der Waals surface area contributed by atoms with Gasteiger partial charge in [0.1, 0.15) is 18.9 Å². The van der Waals surface area contributed by atoms with Gasteiger partial charge in [0.2, 0.25) is 11.8 Å². The van der Waals surface area contributed by atoms with Crippen molar-refractivity contribution >= 4 is 57.4 Å². The van der Waals surface area contributed by atoms with Gasteiger partial charge in [-0.25, -0.2) is 4.39 Å². The Kier molecular flexibility index (Phi) is 7.15.